The Morgan fingerprint density at radius 1 is 1.31 bits per heavy atom. The summed E-state index contributed by atoms with van der Waals surface area (Å²) >= 11 is 5.52. The van der Waals surface area contributed by atoms with Crippen molar-refractivity contribution in [3.8, 4) is 0 Å². The van der Waals surface area contributed by atoms with E-state index in [0.29, 0.717) is 0 Å². The summed E-state index contributed by atoms with van der Waals surface area (Å²) in [6.07, 6.45) is 0. The Bertz CT molecular complexity index is 295. The van der Waals surface area contributed by atoms with Crippen molar-refractivity contribution >= 4 is 31.5 Å². The van der Waals surface area contributed by atoms with Gasteiger partial charge in [-0.3, -0.25) is 4.79 Å². The van der Waals surface area contributed by atoms with Crippen molar-refractivity contribution in [2.24, 2.45) is 0 Å². The molecule has 0 atom stereocenters. The molecule has 0 unspecified atom stereocenters. The van der Waals surface area contributed by atoms with E-state index in [-0.39, 0.29) is 10.3 Å². The summed E-state index contributed by atoms with van der Waals surface area (Å²) in [5.74, 6) is 0. The van der Waals surface area contributed by atoms with E-state index in [0.717, 1.165) is 0 Å². The second-order valence-electron chi connectivity index (χ2n) is 3.82. The summed E-state index contributed by atoms with van der Waals surface area (Å²) in [6.45, 7) is 3.84. The van der Waals surface area contributed by atoms with E-state index in [9.17, 15) is 4.79 Å². The zero-order valence-corrected chi connectivity index (χ0v) is 10.1. The Morgan fingerprint density at radius 2 is 1.85 bits per heavy atom. The third-order valence-electron chi connectivity index (χ3n) is 2.02. The summed E-state index contributed by atoms with van der Waals surface area (Å²) in [6, 6.07) is 10.1. The Kier molecular flexibility index (Phi) is 3.28. The van der Waals surface area contributed by atoms with E-state index in [1.165, 1.54) is 5.19 Å². The van der Waals surface area contributed by atoms with Crippen LogP contribution in [-0.4, -0.2) is 14.8 Å². The highest BCUT2D eigenvalue weighted by Crippen LogP contribution is 2.25. The van der Waals surface area contributed by atoms with Crippen LogP contribution in [-0.2, 0) is 4.79 Å². The fourth-order valence-corrected chi connectivity index (χ4v) is 3.04. The van der Waals surface area contributed by atoms with Gasteiger partial charge in [0.15, 0.2) is 0 Å². The second-order valence-corrected chi connectivity index (χ2v) is 7.10. The van der Waals surface area contributed by atoms with E-state index >= 15 is 0 Å². The van der Waals surface area contributed by atoms with Gasteiger partial charge in [0.1, 0.15) is 0 Å². The van der Waals surface area contributed by atoms with Crippen LogP contribution in [0, 0.1) is 0 Å². The van der Waals surface area contributed by atoms with Gasteiger partial charge in [0.2, 0.25) is 5.24 Å². The van der Waals surface area contributed by atoms with E-state index in [1.54, 1.807) is 0 Å². The number of rotatable bonds is 3. The molecule has 0 amide bonds. The highest BCUT2D eigenvalue weighted by Gasteiger charge is 2.26. The molecule has 0 bridgehead atoms. The number of carbonyl (C=O) groups excluding carboxylic acids is 1. The molecular weight excluding hydrogens is 200 g/mol. The molecule has 0 saturated heterocycles. The van der Waals surface area contributed by atoms with E-state index < -0.39 is 9.52 Å². The van der Waals surface area contributed by atoms with E-state index in [2.05, 4.69) is 12.1 Å². The normalized spacial score (nSPS) is 12.2. The molecular formula is C10H13ClOSi. The van der Waals surface area contributed by atoms with Crippen LogP contribution in [0.4, 0.5) is 0 Å². The molecule has 0 aliphatic heterocycles. The van der Waals surface area contributed by atoms with E-state index in [1.807, 2.05) is 32.0 Å². The van der Waals surface area contributed by atoms with Gasteiger partial charge in [0.25, 0.3) is 0 Å². The first-order valence-electron chi connectivity index (χ1n) is 4.26. The van der Waals surface area contributed by atoms with E-state index in [4.69, 9.17) is 11.6 Å². The molecule has 3 heteroatoms. The fourth-order valence-electron chi connectivity index (χ4n) is 1.18. The number of hydrogen-bond donors (Lipinski definition) is 0. The monoisotopic (exact) mass is 212 g/mol. The minimum Gasteiger partial charge on any atom is -0.281 e. The molecule has 0 N–H and O–H groups in total. The number of hydrogen-bond acceptors (Lipinski definition) is 1. The van der Waals surface area contributed by atoms with Crippen LogP contribution in [0.3, 0.4) is 0 Å². The molecule has 0 spiro atoms. The van der Waals surface area contributed by atoms with Crippen molar-refractivity contribution in [3.63, 3.8) is 0 Å². The highest BCUT2D eigenvalue weighted by atomic mass is 35.5. The minimum absolute atomic E-state index is 0.219. The average molecular weight is 213 g/mol. The Balaban J connectivity index is 2.75. The van der Waals surface area contributed by atoms with Gasteiger partial charge in [-0.2, -0.15) is 0 Å². The van der Waals surface area contributed by atoms with Crippen LogP contribution in [0.15, 0.2) is 30.3 Å². The van der Waals surface area contributed by atoms with Gasteiger partial charge in [-0.25, -0.2) is 0 Å². The lowest BCUT2D eigenvalue weighted by atomic mass is 10.2. The number of carbonyl (C=O) groups is 1. The van der Waals surface area contributed by atoms with Crippen molar-refractivity contribution in [3.05, 3.63) is 30.3 Å². The van der Waals surface area contributed by atoms with Crippen molar-refractivity contribution in [1.82, 2.24) is 0 Å². The van der Waals surface area contributed by atoms with Gasteiger partial charge >= 0.3 is 0 Å². The van der Waals surface area contributed by atoms with Gasteiger partial charge in [0.05, 0.1) is 9.52 Å². The van der Waals surface area contributed by atoms with Gasteiger partial charge in [0, 0.05) is 5.04 Å². The van der Waals surface area contributed by atoms with Gasteiger partial charge in [-0.1, -0.05) is 49.4 Å². The summed E-state index contributed by atoms with van der Waals surface area (Å²) in [5, 5.41) is 0.729. The topological polar surface area (TPSA) is 17.1 Å². The lowest BCUT2D eigenvalue weighted by molar-refractivity contribution is -0.113. The van der Waals surface area contributed by atoms with Crippen LogP contribution in [0.2, 0.25) is 5.04 Å². The molecule has 0 aliphatic carbocycles. The Hall–Kier alpha value is -0.603. The summed E-state index contributed by atoms with van der Waals surface area (Å²) < 4.78 is 0. The Labute approximate surface area is 85.9 Å². The molecule has 1 aromatic carbocycles. The zero-order chi connectivity index (χ0) is 9.90. The maximum Gasteiger partial charge on any atom is 0.224 e. The third kappa shape index (κ3) is 2.97. The molecule has 0 saturated carbocycles. The largest absolute Gasteiger partial charge is 0.281 e. The predicted molar refractivity (Wildman–Crippen MR) is 59.5 cm³/mol. The molecule has 1 aromatic rings. The molecule has 0 heterocycles. The minimum atomic E-state index is -0.612. The van der Waals surface area contributed by atoms with Crippen molar-refractivity contribution < 1.29 is 4.79 Å². The smallest absolute Gasteiger partial charge is 0.224 e. The molecule has 70 valence electrons. The Morgan fingerprint density at radius 3 is 2.31 bits per heavy atom. The molecule has 13 heavy (non-hydrogen) atoms. The van der Waals surface area contributed by atoms with Crippen LogP contribution in [0.25, 0.3) is 0 Å². The zero-order valence-electron chi connectivity index (χ0n) is 7.88. The lowest BCUT2D eigenvalue weighted by Gasteiger charge is -2.18. The maximum atomic E-state index is 11.1. The van der Waals surface area contributed by atoms with Gasteiger partial charge in [-0.15, -0.1) is 0 Å². The highest BCUT2D eigenvalue weighted by molar-refractivity contribution is 6.75. The average Bonchev–Trinajstić information content (AvgIpc) is 2.05. The fraction of sp³-hybridized carbons (Fsp3) is 0.300. The van der Waals surface area contributed by atoms with Crippen LogP contribution in [0.5, 0.6) is 0 Å². The summed E-state index contributed by atoms with van der Waals surface area (Å²) in [7, 11) is -0.612. The molecule has 1 nitrogen and oxygen atoms in total. The number of benzene rings is 1. The molecule has 1 rings (SSSR count). The van der Waals surface area contributed by atoms with Crippen molar-refractivity contribution in [1.29, 1.82) is 0 Å². The van der Waals surface area contributed by atoms with Gasteiger partial charge in [-0.05, 0) is 11.6 Å². The lowest BCUT2D eigenvalue weighted by Crippen LogP contribution is -2.29. The predicted octanol–water partition coefficient (Wildman–Crippen LogP) is 1.44. The van der Waals surface area contributed by atoms with Crippen molar-refractivity contribution in [2.45, 2.75) is 18.9 Å². The SMILES string of the molecule is CC(C)([SiH2]c1ccccc1)C(=O)Cl. The van der Waals surface area contributed by atoms with Crippen LogP contribution in [0.1, 0.15) is 13.8 Å². The summed E-state index contributed by atoms with van der Waals surface area (Å²) in [5.41, 5.74) is 0. The van der Waals surface area contributed by atoms with Crippen LogP contribution < -0.4 is 5.19 Å². The quantitative estimate of drug-likeness (QED) is 0.548. The molecule has 0 aliphatic rings. The van der Waals surface area contributed by atoms with Gasteiger partial charge < -0.3 is 0 Å². The standard InChI is InChI=1S/C10H13ClOSi/c1-10(2,9(11)12)13-8-6-4-3-5-7-8/h3-7H,13H2,1-2H3. The molecule has 0 aromatic heterocycles. The molecule has 0 fully saturated rings. The van der Waals surface area contributed by atoms with Crippen LogP contribution >= 0.6 is 11.6 Å². The molecule has 0 radical (unpaired) electrons. The third-order valence-corrected chi connectivity index (χ3v) is 4.84. The first-order chi connectivity index (χ1) is 6.02. The second kappa shape index (κ2) is 4.07. The summed E-state index contributed by atoms with van der Waals surface area (Å²) in [4.78, 5) is 11.1. The first kappa shape index (κ1) is 10.5. The number of halogens is 1. The first-order valence-corrected chi connectivity index (χ1v) is 6.05. The van der Waals surface area contributed by atoms with Crippen molar-refractivity contribution in [2.75, 3.05) is 0 Å². The maximum absolute atomic E-state index is 11.1.